The summed E-state index contributed by atoms with van der Waals surface area (Å²) in [7, 11) is 0. The van der Waals surface area contributed by atoms with Gasteiger partial charge in [-0.1, -0.05) is 11.6 Å². The molecule has 1 aromatic carbocycles. The molecule has 1 saturated heterocycles. The first-order chi connectivity index (χ1) is 13.7. The van der Waals surface area contributed by atoms with Crippen molar-refractivity contribution in [3.8, 4) is 5.75 Å². The van der Waals surface area contributed by atoms with Gasteiger partial charge in [0.15, 0.2) is 5.75 Å². The Kier molecular flexibility index (Phi) is 6.70. The summed E-state index contributed by atoms with van der Waals surface area (Å²) >= 11 is 9.73. The van der Waals surface area contributed by atoms with Gasteiger partial charge in [0.05, 0.1) is 23.5 Å². The van der Waals surface area contributed by atoms with Crippen molar-refractivity contribution in [1.82, 2.24) is 20.2 Å². The highest BCUT2D eigenvalue weighted by atomic mass is 79.9. The molecule has 1 amide bonds. The Labute approximate surface area is 182 Å². The number of piperazine rings is 1. The fraction of sp³-hybridized carbons (Fsp3) is 0.526. The minimum atomic E-state index is -0.528. The SMILES string of the molecule is CC(C)(C)OC(=O)N1CCN[C@H](CCOc2c(Cl)c(Br)cc3nc[nH]c(=O)c23)C1. The van der Waals surface area contributed by atoms with Gasteiger partial charge >= 0.3 is 6.09 Å². The van der Waals surface area contributed by atoms with Crippen LogP contribution < -0.4 is 15.6 Å². The minimum absolute atomic E-state index is 0.0462. The zero-order valence-corrected chi connectivity index (χ0v) is 18.9. The highest BCUT2D eigenvalue weighted by Crippen LogP contribution is 2.37. The molecule has 0 spiro atoms. The number of hydrogen-bond donors (Lipinski definition) is 2. The molecule has 2 aromatic rings. The van der Waals surface area contributed by atoms with Crippen molar-refractivity contribution in [3.05, 3.63) is 32.2 Å². The summed E-state index contributed by atoms with van der Waals surface area (Å²) in [6.07, 6.45) is 1.65. The Hall–Kier alpha value is -1.84. The Morgan fingerprint density at radius 1 is 1.45 bits per heavy atom. The quantitative estimate of drug-likeness (QED) is 0.687. The molecule has 1 atom stereocenters. The molecule has 0 bridgehead atoms. The monoisotopic (exact) mass is 486 g/mol. The number of nitrogens with zero attached hydrogens (tertiary/aromatic N) is 2. The lowest BCUT2D eigenvalue weighted by Crippen LogP contribution is -2.53. The van der Waals surface area contributed by atoms with E-state index in [2.05, 4.69) is 31.2 Å². The average molecular weight is 488 g/mol. The predicted molar refractivity (Wildman–Crippen MR) is 115 cm³/mol. The largest absolute Gasteiger partial charge is 0.491 e. The second kappa shape index (κ2) is 8.89. The Morgan fingerprint density at radius 3 is 2.93 bits per heavy atom. The molecule has 2 heterocycles. The zero-order chi connectivity index (χ0) is 21.2. The standard InChI is InChI=1S/C19H24BrClN4O4/c1-19(2,3)29-18(27)25-6-5-22-11(9-25)4-7-28-16-14-13(8-12(20)15(16)21)23-10-24-17(14)26/h8,10-11,22H,4-7,9H2,1-3H3,(H,23,24,26)/t11-/m1/s1. The van der Waals surface area contributed by atoms with E-state index >= 15 is 0 Å². The van der Waals surface area contributed by atoms with Crippen LogP contribution in [0.15, 0.2) is 21.7 Å². The number of aromatic nitrogens is 2. The number of nitrogens with one attached hydrogen (secondary N) is 2. The van der Waals surface area contributed by atoms with Crippen LogP contribution in [0, 0.1) is 0 Å². The summed E-state index contributed by atoms with van der Waals surface area (Å²) in [5, 5.41) is 4.01. The number of carbonyl (C=O) groups excluding carboxylic acids is 1. The van der Waals surface area contributed by atoms with Gasteiger partial charge in [-0.05, 0) is 49.2 Å². The smallest absolute Gasteiger partial charge is 0.410 e. The maximum Gasteiger partial charge on any atom is 0.410 e. The number of aromatic amines is 1. The molecule has 1 aliphatic rings. The van der Waals surface area contributed by atoms with Gasteiger partial charge in [0.2, 0.25) is 0 Å². The first kappa shape index (κ1) is 21.9. The van der Waals surface area contributed by atoms with Crippen molar-refractivity contribution < 1.29 is 14.3 Å². The van der Waals surface area contributed by atoms with Gasteiger partial charge in [-0.3, -0.25) is 4.79 Å². The molecule has 1 aliphatic heterocycles. The van der Waals surface area contributed by atoms with Crippen LogP contribution in [-0.2, 0) is 4.74 Å². The van der Waals surface area contributed by atoms with Gasteiger partial charge in [-0.25, -0.2) is 9.78 Å². The lowest BCUT2D eigenvalue weighted by Gasteiger charge is -2.34. The van der Waals surface area contributed by atoms with E-state index in [1.54, 1.807) is 11.0 Å². The fourth-order valence-electron chi connectivity index (χ4n) is 3.09. The summed E-state index contributed by atoms with van der Waals surface area (Å²) < 4.78 is 11.9. The van der Waals surface area contributed by atoms with E-state index in [4.69, 9.17) is 21.1 Å². The van der Waals surface area contributed by atoms with E-state index in [1.165, 1.54) is 6.33 Å². The van der Waals surface area contributed by atoms with Crippen molar-refractivity contribution in [1.29, 1.82) is 0 Å². The number of benzene rings is 1. The van der Waals surface area contributed by atoms with E-state index in [0.29, 0.717) is 58.8 Å². The van der Waals surface area contributed by atoms with Crippen LogP contribution in [-0.4, -0.2) is 58.8 Å². The highest BCUT2D eigenvalue weighted by Gasteiger charge is 2.27. The number of carbonyl (C=O) groups is 1. The van der Waals surface area contributed by atoms with E-state index in [9.17, 15) is 9.59 Å². The molecule has 3 rings (SSSR count). The molecule has 0 aliphatic carbocycles. The van der Waals surface area contributed by atoms with Crippen molar-refractivity contribution >= 4 is 44.5 Å². The van der Waals surface area contributed by atoms with Gasteiger partial charge in [0, 0.05) is 30.1 Å². The first-order valence-corrected chi connectivity index (χ1v) is 10.5. The summed E-state index contributed by atoms with van der Waals surface area (Å²) in [5.74, 6) is 0.296. The molecule has 158 valence electrons. The number of ether oxygens (including phenoxy) is 2. The van der Waals surface area contributed by atoms with Crippen LogP contribution >= 0.6 is 27.5 Å². The second-order valence-electron chi connectivity index (χ2n) is 7.84. The summed E-state index contributed by atoms with van der Waals surface area (Å²) in [6.45, 7) is 7.65. The van der Waals surface area contributed by atoms with Crippen LogP contribution in [0.4, 0.5) is 4.79 Å². The third kappa shape index (κ3) is 5.40. The Balaban J connectivity index is 1.65. The maximum atomic E-state index is 12.3. The summed E-state index contributed by atoms with van der Waals surface area (Å²) in [4.78, 5) is 32.9. The lowest BCUT2D eigenvalue weighted by atomic mass is 10.1. The molecule has 0 saturated carbocycles. The Morgan fingerprint density at radius 2 is 2.21 bits per heavy atom. The van der Waals surface area contributed by atoms with Crippen LogP contribution in [0.3, 0.4) is 0 Å². The molecule has 10 heteroatoms. The minimum Gasteiger partial charge on any atom is -0.491 e. The van der Waals surface area contributed by atoms with E-state index < -0.39 is 5.60 Å². The van der Waals surface area contributed by atoms with Crippen LogP contribution in [0.1, 0.15) is 27.2 Å². The molecular weight excluding hydrogens is 464 g/mol. The number of H-pyrrole nitrogens is 1. The van der Waals surface area contributed by atoms with Crippen molar-refractivity contribution in [2.75, 3.05) is 26.2 Å². The van der Waals surface area contributed by atoms with Crippen molar-refractivity contribution in [2.24, 2.45) is 0 Å². The zero-order valence-electron chi connectivity index (χ0n) is 16.6. The molecule has 2 N–H and O–H groups in total. The van der Waals surface area contributed by atoms with E-state index in [0.717, 1.165) is 0 Å². The van der Waals surface area contributed by atoms with Gasteiger partial charge < -0.3 is 24.7 Å². The maximum absolute atomic E-state index is 12.3. The fourth-order valence-corrected chi connectivity index (χ4v) is 3.69. The molecule has 0 radical (unpaired) electrons. The number of rotatable bonds is 4. The number of hydrogen-bond acceptors (Lipinski definition) is 6. The third-order valence-corrected chi connectivity index (χ3v) is 5.63. The van der Waals surface area contributed by atoms with Crippen molar-refractivity contribution in [2.45, 2.75) is 38.8 Å². The second-order valence-corrected chi connectivity index (χ2v) is 9.07. The van der Waals surface area contributed by atoms with E-state index in [-0.39, 0.29) is 17.7 Å². The van der Waals surface area contributed by atoms with Gasteiger partial charge in [-0.2, -0.15) is 0 Å². The molecule has 1 fully saturated rings. The van der Waals surface area contributed by atoms with E-state index in [1.807, 2.05) is 20.8 Å². The summed E-state index contributed by atoms with van der Waals surface area (Å²) in [6, 6.07) is 1.73. The molecular formula is C19H24BrClN4O4. The van der Waals surface area contributed by atoms with Gasteiger partial charge in [-0.15, -0.1) is 0 Å². The molecule has 0 unspecified atom stereocenters. The first-order valence-electron chi connectivity index (χ1n) is 9.35. The van der Waals surface area contributed by atoms with Crippen molar-refractivity contribution in [3.63, 3.8) is 0 Å². The normalized spacial score (nSPS) is 17.4. The third-order valence-electron chi connectivity index (χ3n) is 4.40. The number of amides is 1. The molecule has 8 nitrogen and oxygen atoms in total. The topological polar surface area (TPSA) is 96.5 Å². The lowest BCUT2D eigenvalue weighted by molar-refractivity contribution is 0.0188. The summed E-state index contributed by atoms with van der Waals surface area (Å²) in [5.41, 5.74) is -0.349. The van der Waals surface area contributed by atoms with Gasteiger partial charge in [0.1, 0.15) is 11.0 Å². The van der Waals surface area contributed by atoms with Gasteiger partial charge in [0.25, 0.3) is 5.56 Å². The highest BCUT2D eigenvalue weighted by molar-refractivity contribution is 9.10. The molecule has 1 aromatic heterocycles. The number of fused-ring (bicyclic) bond motifs is 1. The van der Waals surface area contributed by atoms with Crippen LogP contribution in [0.2, 0.25) is 5.02 Å². The average Bonchev–Trinajstić information content (AvgIpc) is 2.64. The Bertz CT molecular complexity index is 960. The number of halogens is 2. The molecule has 29 heavy (non-hydrogen) atoms. The van der Waals surface area contributed by atoms with Crippen LogP contribution in [0.5, 0.6) is 5.75 Å². The van der Waals surface area contributed by atoms with Crippen LogP contribution in [0.25, 0.3) is 10.9 Å². The predicted octanol–water partition coefficient (Wildman–Crippen LogP) is 3.32.